The summed E-state index contributed by atoms with van der Waals surface area (Å²) in [5.41, 5.74) is 2.49. The molecule has 4 rings (SSSR count). The molecule has 0 saturated carbocycles. The van der Waals surface area contributed by atoms with Crippen molar-refractivity contribution >= 4 is 39.5 Å². The van der Waals surface area contributed by atoms with Crippen LogP contribution < -0.4 is 5.69 Å². The van der Waals surface area contributed by atoms with Crippen LogP contribution in [-0.4, -0.2) is 33.4 Å². The quantitative estimate of drug-likeness (QED) is 0.613. The van der Waals surface area contributed by atoms with E-state index in [2.05, 4.69) is 27.6 Å². The van der Waals surface area contributed by atoms with Gasteiger partial charge >= 0.3 is 5.69 Å². The van der Waals surface area contributed by atoms with E-state index >= 15 is 0 Å². The van der Waals surface area contributed by atoms with Crippen molar-refractivity contribution in [3.63, 3.8) is 0 Å². The van der Waals surface area contributed by atoms with Crippen LogP contribution in [0.3, 0.4) is 0 Å². The molecular formula is C19H18IN3O2. The molecular weight excluding hydrogens is 429 g/mol. The van der Waals surface area contributed by atoms with E-state index in [0.29, 0.717) is 13.1 Å². The van der Waals surface area contributed by atoms with Crippen molar-refractivity contribution in [1.29, 1.82) is 0 Å². The highest BCUT2D eigenvalue weighted by Gasteiger charge is 2.27. The van der Waals surface area contributed by atoms with Gasteiger partial charge in [0.15, 0.2) is 0 Å². The number of imidazole rings is 1. The molecule has 1 aliphatic heterocycles. The minimum Gasteiger partial charge on any atom is -0.338 e. The number of amides is 1. The van der Waals surface area contributed by atoms with E-state index in [-0.39, 0.29) is 17.6 Å². The van der Waals surface area contributed by atoms with Crippen molar-refractivity contribution in [2.75, 3.05) is 13.1 Å². The van der Waals surface area contributed by atoms with Crippen LogP contribution in [-0.2, 0) is 0 Å². The Kier molecular flexibility index (Phi) is 4.37. The Morgan fingerprint density at radius 1 is 1.04 bits per heavy atom. The van der Waals surface area contributed by atoms with Crippen LogP contribution in [0.5, 0.6) is 0 Å². The van der Waals surface area contributed by atoms with Crippen LogP contribution in [0.25, 0.3) is 11.0 Å². The van der Waals surface area contributed by atoms with Crippen molar-refractivity contribution in [3.8, 4) is 0 Å². The smallest absolute Gasteiger partial charge is 0.326 e. The number of aromatic amines is 1. The lowest BCUT2D eigenvalue weighted by molar-refractivity contribution is 0.0694. The molecule has 3 aromatic rings. The Balaban J connectivity index is 1.54. The van der Waals surface area contributed by atoms with E-state index in [0.717, 1.165) is 33.0 Å². The van der Waals surface area contributed by atoms with Crippen LogP contribution in [0.2, 0.25) is 0 Å². The molecule has 0 bridgehead atoms. The van der Waals surface area contributed by atoms with Crippen molar-refractivity contribution in [2.24, 2.45) is 0 Å². The van der Waals surface area contributed by atoms with Crippen molar-refractivity contribution in [2.45, 2.75) is 18.9 Å². The highest BCUT2D eigenvalue weighted by atomic mass is 127. The van der Waals surface area contributed by atoms with E-state index in [4.69, 9.17) is 0 Å². The predicted molar refractivity (Wildman–Crippen MR) is 106 cm³/mol. The van der Waals surface area contributed by atoms with Crippen LogP contribution in [0, 0.1) is 3.57 Å². The number of piperidine rings is 1. The number of aromatic nitrogens is 2. The van der Waals surface area contributed by atoms with Gasteiger partial charge in [0.25, 0.3) is 5.91 Å². The second-order valence-electron chi connectivity index (χ2n) is 6.32. The number of nitrogens with one attached hydrogen (secondary N) is 1. The number of para-hydroxylation sites is 2. The lowest BCUT2D eigenvalue weighted by Crippen LogP contribution is -2.40. The molecule has 1 N–H and O–H groups in total. The monoisotopic (exact) mass is 447 g/mol. The zero-order chi connectivity index (χ0) is 17.4. The SMILES string of the molecule is O=C(c1ccccc1I)N1CCC(n2c(=O)[nH]c3ccccc32)CC1. The Bertz CT molecular complexity index is 983. The summed E-state index contributed by atoms with van der Waals surface area (Å²) in [6.45, 7) is 1.33. The minimum atomic E-state index is -0.0661. The molecule has 2 heterocycles. The summed E-state index contributed by atoms with van der Waals surface area (Å²) in [7, 11) is 0. The van der Waals surface area contributed by atoms with Gasteiger partial charge in [0.05, 0.1) is 16.6 Å². The number of nitrogens with zero attached hydrogens (tertiary/aromatic N) is 2. The van der Waals surface area contributed by atoms with Crippen LogP contribution in [0.15, 0.2) is 53.3 Å². The molecule has 25 heavy (non-hydrogen) atoms. The minimum absolute atomic E-state index is 0.0661. The number of hydrogen-bond acceptors (Lipinski definition) is 2. The van der Waals surface area contributed by atoms with Gasteiger partial charge in [-0.15, -0.1) is 0 Å². The van der Waals surface area contributed by atoms with Gasteiger partial charge in [-0.2, -0.15) is 0 Å². The molecule has 1 aromatic heterocycles. The number of rotatable bonds is 2. The maximum Gasteiger partial charge on any atom is 0.326 e. The zero-order valence-corrected chi connectivity index (χ0v) is 15.8. The first-order valence-electron chi connectivity index (χ1n) is 8.38. The summed E-state index contributed by atoms with van der Waals surface area (Å²) >= 11 is 2.20. The van der Waals surface area contributed by atoms with E-state index in [9.17, 15) is 9.59 Å². The topological polar surface area (TPSA) is 58.1 Å². The third-order valence-electron chi connectivity index (χ3n) is 4.85. The first-order chi connectivity index (χ1) is 12.1. The van der Waals surface area contributed by atoms with Gasteiger partial charge in [0.1, 0.15) is 0 Å². The fourth-order valence-electron chi connectivity index (χ4n) is 3.57. The van der Waals surface area contributed by atoms with Crippen molar-refractivity contribution in [3.05, 3.63) is 68.1 Å². The fourth-order valence-corrected chi connectivity index (χ4v) is 4.19. The Morgan fingerprint density at radius 3 is 2.48 bits per heavy atom. The van der Waals surface area contributed by atoms with Gasteiger partial charge in [-0.3, -0.25) is 9.36 Å². The molecule has 0 radical (unpaired) electrons. The molecule has 0 atom stereocenters. The zero-order valence-electron chi connectivity index (χ0n) is 13.6. The predicted octanol–water partition coefficient (Wildman–Crippen LogP) is 3.41. The Labute approximate surface area is 158 Å². The summed E-state index contributed by atoms with van der Waals surface area (Å²) < 4.78 is 2.82. The van der Waals surface area contributed by atoms with E-state index < -0.39 is 0 Å². The summed E-state index contributed by atoms with van der Waals surface area (Å²) in [5.74, 6) is 0.0784. The number of halogens is 1. The average molecular weight is 447 g/mol. The number of fused-ring (bicyclic) bond motifs is 1. The maximum atomic E-state index is 12.7. The molecule has 1 saturated heterocycles. The van der Waals surface area contributed by atoms with Gasteiger partial charge in [0.2, 0.25) is 0 Å². The number of hydrogen-bond donors (Lipinski definition) is 1. The molecule has 6 heteroatoms. The Morgan fingerprint density at radius 2 is 1.72 bits per heavy atom. The van der Waals surface area contributed by atoms with Crippen molar-refractivity contribution in [1.82, 2.24) is 14.5 Å². The number of likely N-dealkylation sites (tertiary alicyclic amines) is 1. The maximum absolute atomic E-state index is 12.7. The van der Waals surface area contributed by atoms with Crippen LogP contribution in [0.4, 0.5) is 0 Å². The van der Waals surface area contributed by atoms with Gasteiger partial charge in [0, 0.05) is 22.7 Å². The largest absolute Gasteiger partial charge is 0.338 e. The number of carbonyl (C=O) groups excluding carboxylic acids is 1. The summed E-state index contributed by atoms with van der Waals surface area (Å²) in [6, 6.07) is 15.5. The van der Waals surface area contributed by atoms with Crippen molar-refractivity contribution < 1.29 is 4.79 Å². The third-order valence-corrected chi connectivity index (χ3v) is 5.79. The molecule has 0 spiro atoms. The highest BCUT2D eigenvalue weighted by molar-refractivity contribution is 14.1. The van der Waals surface area contributed by atoms with Crippen LogP contribution >= 0.6 is 22.6 Å². The number of H-pyrrole nitrogens is 1. The molecule has 1 amide bonds. The third kappa shape index (κ3) is 2.99. The molecule has 0 unspecified atom stereocenters. The van der Waals surface area contributed by atoms with E-state index in [1.165, 1.54) is 0 Å². The number of carbonyl (C=O) groups is 1. The summed E-state index contributed by atoms with van der Waals surface area (Å²) in [5, 5.41) is 0. The van der Waals surface area contributed by atoms with Crippen LogP contribution in [0.1, 0.15) is 29.2 Å². The van der Waals surface area contributed by atoms with Gasteiger partial charge < -0.3 is 9.88 Å². The fraction of sp³-hybridized carbons (Fsp3) is 0.263. The molecule has 128 valence electrons. The van der Waals surface area contributed by atoms with E-state index in [1.54, 1.807) is 0 Å². The summed E-state index contributed by atoms with van der Waals surface area (Å²) in [6.07, 6.45) is 1.58. The molecule has 2 aromatic carbocycles. The lowest BCUT2D eigenvalue weighted by atomic mass is 10.0. The normalized spacial score (nSPS) is 15.6. The van der Waals surface area contributed by atoms with E-state index in [1.807, 2.05) is 58.0 Å². The van der Waals surface area contributed by atoms with Gasteiger partial charge in [-0.25, -0.2) is 4.79 Å². The molecule has 0 aliphatic carbocycles. The standard InChI is InChI=1S/C19H18IN3O2/c20-15-6-2-1-5-14(15)18(24)22-11-9-13(10-12-22)23-17-8-4-3-7-16(17)21-19(23)25/h1-8,13H,9-12H2,(H,21,25). The number of benzene rings is 2. The first-order valence-corrected chi connectivity index (χ1v) is 9.46. The lowest BCUT2D eigenvalue weighted by Gasteiger charge is -2.32. The average Bonchev–Trinajstić information content (AvgIpc) is 2.97. The summed E-state index contributed by atoms with van der Waals surface area (Å²) in [4.78, 5) is 29.9. The Hall–Kier alpha value is -2.09. The first kappa shape index (κ1) is 16.4. The second-order valence-corrected chi connectivity index (χ2v) is 7.48. The second kappa shape index (κ2) is 6.67. The molecule has 5 nitrogen and oxygen atoms in total. The van der Waals surface area contributed by atoms with Gasteiger partial charge in [-0.05, 0) is 59.7 Å². The molecule has 1 aliphatic rings. The highest BCUT2D eigenvalue weighted by Crippen LogP contribution is 2.26. The van der Waals surface area contributed by atoms with Gasteiger partial charge in [-0.1, -0.05) is 24.3 Å². The molecule has 1 fully saturated rings.